The number of carbonyl (C=O) groups is 1. The molecule has 0 atom stereocenters. The van der Waals surface area contributed by atoms with E-state index >= 15 is 0 Å². The molecule has 0 unspecified atom stereocenters. The second-order valence-electron chi connectivity index (χ2n) is 8.71. The predicted octanol–water partition coefficient (Wildman–Crippen LogP) is 6.51. The highest BCUT2D eigenvalue weighted by Gasteiger charge is 2.11. The van der Waals surface area contributed by atoms with Gasteiger partial charge in [-0.25, -0.2) is 0 Å². The van der Waals surface area contributed by atoms with Crippen molar-refractivity contribution < 1.29 is 4.79 Å². The standard InChI is InChI=1S/C29H26N4O/c1-19-15-20(2)21(3)28(16-19)33-31-26-14-13-25(18-27(26)32-33)30-24-11-9-22(10-12-24)17-29(34)23-7-5-4-6-8-23/h4-16,18,30H,17H2,1-3H3. The molecule has 0 amide bonds. The first-order valence-electron chi connectivity index (χ1n) is 11.4. The first-order valence-corrected chi connectivity index (χ1v) is 11.4. The maximum atomic E-state index is 12.4. The van der Waals surface area contributed by atoms with Crippen LogP contribution in [0.3, 0.4) is 0 Å². The van der Waals surface area contributed by atoms with Gasteiger partial charge >= 0.3 is 0 Å². The van der Waals surface area contributed by atoms with Gasteiger partial charge in [0, 0.05) is 23.4 Å². The van der Waals surface area contributed by atoms with Crippen molar-refractivity contribution in [1.29, 1.82) is 0 Å². The molecule has 5 heteroatoms. The van der Waals surface area contributed by atoms with Crippen molar-refractivity contribution >= 4 is 28.2 Å². The van der Waals surface area contributed by atoms with E-state index in [1.54, 1.807) is 4.80 Å². The van der Waals surface area contributed by atoms with E-state index in [9.17, 15) is 4.79 Å². The number of rotatable bonds is 6. The number of aromatic nitrogens is 3. The van der Waals surface area contributed by atoms with E-state index in [0.29, 0.717) is 6.42 Å². The summed E-state index contributed by atoms with van der Waals surface area (Å²) in [5, 5.41) is 12.8. The maximum Gasteiger partial charge on any atom is 0.167 e. The van der Waals surface area contributed by atoms with Crippen molar-refractivity contribution in [2.24, 2.45) is 0 Å². The van der Waals surface area contributed by atoms with Crippen molar-refractivity contribution in [2.75, 3.05) is 5.32 Å². The minimum Gasteiger partial charge on any atom is -0.355 e. The summed E-state index contributed by atoms with van der Waals surface area (Å²) in [6.07, 6.45) is 0.386. The Morgan fingerprint density at radius 1 is 0.794 bits per heavy atom. The molecule has 1 heterocycles. The summed E-state index contributed by atoms with van der Waals surface area (Å²) in [6, 6.07) is 27.6. The molecule has 34 heavy (non-hydrogen) atoms. The molecule has 4 aromatic carbocycles. The number of carbonyl (C=O) groups excluding carboxylic acids is 1. The van der Waals surface area contributed by atoms with Gasteiger partial charge in [0.1, 0.15) is 11.0 Å². The molecule has 0 saturated heterocycles. The molecule has 0 aliphatic heterocycles. The number of ketones is 1. The fourth-order valence-electron chi connectivity index (χ4n) is 4.11. The lowest BCUT2D eigenvalue weighted by Crippen LogP contribution is -2.03. The smallest absolute Gasteiger partial charge is 0.167 e. The first-order chi connectivity index (χ1) is 16.5. The molecule has 0 aliphatic carbocycles. The van der Waals surface area contributed by atoms with E-state index in [1.165, 1.54) is 16.7 Å². The Hall–Kier alpha value is -4.25. The van der Waals surface area contributed by atoms with Crippen molar-refractivity contribution in [3.05, 3.63) is 113 Å². The van der Waals surface area contributed by atoms with Crippen LogP contribution in [0.2, 0.25) is 0 Å². The van der Waals surface area contributed by atoms with Gasteiger partial charge in [0.05, 0.1) is 5.69 Å². The Balaban J connectivity index is 1.33. The zero-order chi connectivity index (χ0) is 23.7. The quantitative estimate of drug-likeness (QED) is 0.302. The molecule has 0 aliphatic rings. The van der Waals surface area contributed by atoms with Gasteiger partial charge in [-0.1, -0.05) is 48.5 Å². The molecule has 0 spiro atoms. The fourth-order valence-corrected chi connectivity index (χ4v) is 4.11. The first kappa shape index (κ1) is 21.6. The van der Waals surface area contributed by atoms with Gasteiger partial charge in [-0.2, -0.15) is 4.80 Å². The Bertz CT molecular complexity index is 1480. The Morgan fingerprint density at radius 3 is 2.26 bits per heavy atom. The lowest BCUT2D eigenvalue weighted by Gasteiger charge is -2.08. The third-order valence-corrected chi connectivity index (χ3v) is 6.08. The third kappa shape index (κ3) is 4.46. The van der Waals surface area contributed by atoms with Gasteiger partial charge in [0.2, 0.25) is 0 Å². The molecule has 0 saturated carbocycles. The molecule has 0 radical (unpaired) electrons. The van der Waals surface area contributed by atoms with Crippen LogP contribution in [0.1, 0.15) is 32.6 Å². The van der Waals surface area contributed by atoms with E-state index in [-0.39, 0.29) is 5.78 Å². The summed E-state index contributed by atoms with van der Waals surface area (Å²) < 4.78 is 0. The largest absolute Gasteiger partial charge is 0.355 e. The number of hydrogen-bond donors (Lipinski definition) is 1. The molecular weight excluding hydrogens is 420 g/mol. The molecule has 168 valence electrons. The molecule has 5 aromatic rings. The highest BCUT2D eigenvalue weighted by atomic mass is 16.1. The fraction of sp³-hybridized carbons (Fsp3) is 0.138. The van der Waals surface area contributed by atoms with Gasteiger partial charge < -0.3 is 5.32 Å². The van der Waals surface area contributed by atoms with Gasteiger partial charge in [-0.15, -0.1) is 10.2 Å². The SMILES string of the molecule is Cc1cc(C)c(C)c(-n2nc3ccc(Nc4ccc(CC(=O)c5ccccc5)cc4)cc3n2)c1. The average Bonchev–Trinajstić information content (AvgIpc) is 3.26. The van der Waals surface area contributed by atoms with Crippen molar-refractivity contribution in [1.82, 2.24) is 15.0 Å². The predicted molar refractivity (Wildman–Crippen MR) is 137 cm³/mol. The number of fused-ring (bicyclic) bond motifs is 1. The van der Waals surface area contributed by atoms with Gasteiger partial charge in [0.15, 0.2) is 5.78 Å². The van der Waals surface area contributed by atoms with Crippen LogP contribution in [0.25, 0.3) is 16.7 Å². The minimum atomic E-state index is 0.119. The molecule has 1 N–H and O–H groups in total. The normalized spacial score (nSPS) is 11.0. The molecule has 1 aromatic heterocycles. The summed E-state index contributed by atoms with van der Waals surface area (Å²) in [5.74, 6) is 0.119. The van der Waals surface area contributed by atoms with Crippen molar-refractivity contribution in [3.8, 4) is 5.69 Å². The third-order valence-electron chi connectivity index (χ3n) is 6.08. The number of benzene rings is 4. The summed E-state index contributed by atoms with van der Waals surface area (Å²) in [5.41, 5.74) is 9.89. The van der Waals surface area contributed by atoms with Crippen LogP contribution in [-0.4, -0.2) is 20.8 Å². The zero-order valence-electron chi connectivity index (χ0n) is 19.5. The number of nitrogens with one attached hydrogen (secondary N) is 1. The van der Waals surface area contributed by atoms with Crippen LogP contribution in [0.4, 0.5) is 11.4 Å². The van der Waals surface area contributed by atoms with Gasteiger partial charge in [-0.3, -0.25) is 4.79 Å². The minimum absolute atomic E-state index is 0.119. The molecular formula is C29H26N4O. The highest BCUT2D eigenvalue weighted by molar-refractivity contribution is 5.97. The summed E-state index contributed by atoms with van der Waals surface area (Å²) in [4.78, 5) is 14.2. The van der Waals surface area contributed by atoms with E-state index in [1.807, 2.05) is 72.8 Å². The Morgan fingerprint density at radius 2 is 1.50 bits per heavy atom. The highest BCUT2D eigenvalue weighted by Crippen LogP contribution is 2.24. The monoisotopic (exact) mass is 446 g/mol. The Labute approximate surface area is 199 Å². The van der Waals surface area contributed by atoms with Gasteiger partial charge in [0.25, 0.3) is 0 Å². The van der Waals surface area contributed by atoms with Crippen LogP contribution in [-0.2, 0) is 6.42 Å². The number of Topliss-reactive ketones (excluding diaryl/α,β-unsaturated/α-hetero) is 1. The number of hydrogen-bond acceptors (Lipinski definition) is 4. The van der Waals surface area contributed by atoms with Crippen molar-refractivity contribution in [2.45, 2.75) is 27.2 Å². The molecule has 0 fully saturated rings. The van der Waals surface area contributed by atoms with E-state index < -0.39 is 0 Å². The molecule has 5 nitrogen and oxygen atoms in total. The van der Waals surface area contributed by atoms with Gasteiger partial charge in [-0.05, 0) is 79.4 Å². The average molecular weight is 447 g/mol. The van der Waals surface area contributed by atoms with Crippen LogP contribution >= 0.6 is 0 Å². The van der Waals surface area contributed by atoms with E-state index in [0.717, 1.165) is 39.2 Å². The van der Waals surface area contributed by atoms with Crippen molar-refractivity contribution in [3.63, 3.8) is 0 Å². The van der Waals surface area contributed by atoms with Crippen LogP contribution in [0.5, 0.6) is 0 Å². The summed E-state index contributed by atoms with van der Waals surface area (Å²) in [6.45, 7) is 6.30. The van der Waals surface area contributed by atoms with Crippen LogP contribution < -0.4 is 5.32 Å². The van der Waals surface area contributed by atoms with E-state index in [4.69, 9.17) is 5.10 Å². The number of anilines is 2. The number of aryl methyl sites for hydroxylation is 2. The Kier molecular flexibility index (Phi) is 5.68. The maximum absolute atomic E-state index is 12.4. The lowest BCUT2D eigenvalue weighted by atomic mass is 10.0. The van der Waals surface area contributed by atoms with Crippen LogP contribution in [0.15, 0.2) is 84.9 Å². The molecule has 5 rings (SSSR count). The van der Waals surface area contributed by atoms with E-state index in [2.05, 4.69) is 43.3 Å². The summed E-state index contributed by atoms with van der Waals surface area (Å²) >= 11 is 0. The second kappa shape index (κ2) is 8.94. The summed E-state index contributed by atoms with van der Waals surface area (Å²) in [7, 11) is 0. The molecule has 0 bridgehead atoms. The van der Waals surface area contributed by atoms with Crippen LogP contribution in [0, 0.1) is 20.8 Å². The number of nitrogens with zero attached hydrogens (tertiary/aromatic N) is 3. The zero-order valence-corrected chi connectivity index (χ0v) is 19.5. The second-order valence-corrected chi connectivity index (χ2v) is 8.71. The topological polar surface area (TPSA) is 59.8 Å². The lowest BCUT2D eigenvalue weighted by molar-refractivity contribution is 0.0993.